The number of anilines is 2. The van der Waals surface area contributed by atoms with Crippen LogP contribution in [0.4, 0.5) is 24.8 Å². The Morgan fingerprint density at radius 1 is 0.972 bits per heavy atom. The predicted octanol–water partition coefficient (Wildman–Crippen LogP) is 5.42. The highest BCUT2D eigenvalue weighted by Crippen LogP contribution is 2.31. The minimum Gasteiger partial charge on any atom is -0.391 e. The minimum absolute atomic E-state index is 0.0412. The average molecular weight is 1020 g/mol. The maximum Gasteiger partial charge on any atom is 0.355 e. The maximum atomic E-state index is 15.0. The van der Waals surface area contributed by atoms with E-state index in [1.54, 1.807) is 62.2 Å². The molecule has 7 aromatic rings. The molecule has 1 fully saturated rings. The SMILES string of the molecule is Cc1ccsc1-c1ccc(CNC(=O)[C@@H]2C[C@@H](O)CN2C(=O)[C@@H](NC(=O)CCCn2cc(Cn3c(=O)nc(Nc4cc5cn(C)nc5cc4Cl)n(Cc4cc(F)c(F)cc4F)c3=O)nn2)C(C)(C)C)cc1. The molecule has 0 saturated carbocycles. The number of carbonyl (C=O) groups excluding carboxylic acids is 3. The van der Waals surface area contributed by atoms with Crippen molar-refractivity contribution in [2.75, 3.05) is 11.9 Å². The quantitative estimate of drug-likeness (QED) is 0.0897. The second-order valence-corrected chi connectivity index (χ2v) is 19.9. The molecule has 23 heteroatoms. The summed E-state index contributed by atoms with van der Waals surface area (Å²) in [6, 6.07) is 12.0. The molecule has 3 amide bonds. The molecule has 3 atom stereocenters. The molecule has 5 heterocycles. The molecular formula is C48H50ClF3N12O6S. The van der Waals surface area contributed by atoms with Gasteiger partial charge in [-0.15, -0.1) is 16.4 Å². The number of carbonyl (C=O) groups is 3. The van der Waals surface area contributed by atoms with Crippen LogP contribution in [-0.2, 0) is 47.6 Å². The molecule has 372 valence electrons. The van der Waals surface area contributed by atoms with Gasteiger partial charge in [0, 0.05) is 67.6 Å². The number of hydrogen-bond donors (Lipinski definition) is 4. The number of aliphatic hydroxyl groups is 1. The van der Waals surface area contributed by atoms with Crippen LogP contribution in [0.2, 0.25) is 5.02 Å². The van der Waals surface area contributed by atoms with Gasteiger partial charge >= 0.3 is 11.4 Å². The second kappa shape index (κ2) is 20.7. The Kier molecular flexibility index (Phi) is 14.6. The molecule has 8 rings (SSSR count). The van der Waals surface area contributed by atoms with Gasteiger partial charge in [-0.25, -0.2) is 27.3 Å². The van der Waals surface area contributed by atoms with Crippen molar-refractivity contribution in [3.8, 4) is 10.4 Å². The predicted molar refractivity (Wildman–Crippen MR) is 259 cm³/mol. The molecule has 0 bridgehead atoms. The number of likely N-dealkylation sites (tertiary alicyclic amines) is 1. The van der Waals surface area contributed by atoms with E-state index in [0.717, 1.165) is 15.7 Å². The van der Waals surface area contributed by atoms with Gasteiger partial charge in [0.15, 0.2) is 11.6 Å². The van der Waals surface area contributed by atoms with E-state index in [1.165, 1.54) is 26.2 Å². The van der Waals surface area contributed by atoms with Crippen molar-refractivity contribution < 1.29 is 32.7 Å². The third-order valence-corrected chi connectivity index (χ3v) is 13.4. The highest BCUT2D eigenvalue weighted by Gasteiger charge is 2.44. The summed E-state index contributed by atoms with van der Waals surface area (Å²) in [7, 11) is 1.71. The standard InChI is InChI=1S/C48H50ClF3N12O6S/c1-26-12-14-71-41(26)28-10-8-27(9-11-28)20-53-43(67)39-17-32(65)25-62(39)44(68)42(48(2,3)4)55-40(66)7-6-13-61-23-31(57-59-61)24-64-46(69)56-45(54-38-16-30-21-60(5)58-37(30)18-33(38)49)63(47(64)70)22-29-15-35(51)36(52)19-34(29)50/h8-12,14-16,18-19,21,23,32,39,42,65H,6-7,13,17,20,22,24-25H2,1-5H3,(H,53,67)(H,55,66)(H,54,56,69)/t32-,39+,42-/m1/s1. The molecule has 71 heavy (non-hydrogen) atoms. The van der Waals surface area contributed by atoms with Gasteiger partial charge in [0.2, 0.25) is 23.7 Å². The van der Waals surface area contributed by atoms with E-state index in [2.05, 4.69) is 49.3 Å². The van der Waals surface area contributed by atoms with E-state index in [9.17, 15) is 42.3 Å². The third kappa shape index (κ3) is 11.4. The van der Waals surface area contributed by atoms with E-state index >= 15 is 0 Å². The van der Waals surface area contributed by atoms with Gasteiger partial charge in [0.25, 0.3) is 0 Å². The van der Waals surface area contributed by atoms with Gasteiger partial charge in [-0.3, -0.25) is 28.3 Å². The van der Waals surface area contributed by atoms with E-state index in [0.29, 0.717) is 27.6 Å². The monoisotopic (exact) mass is 1010 g/mol. The highest BCUT2D eigenvalue weighted by molar-refractivity contribution is 7.13. The summed E-state index contributed by atoms with van der Waals surface area (Å²) in [4.78, 5) is 75.2. The summed E-state index contributed by atoms with van der Waals surface area (Å²) in [5, 5.41) is 34.5. The molecular weight excluding hydrogens is 965 g/mol. The molecule has 0 spiro atoms. The number of nitrogens with one attached hydrogen (secondary N) is 3. The first-order chi connectivity index (χ1) is 33.7. The normalized spacial score (nSPS) is 15.3. The summed E-state index contributed by atoms with van der Waals surface area (Å²) in [5.74, 6) is -5.68. The van der Waals surface area contributed by atoms with Crippen molar-refractivity contribution in [1.29, 1.82) is 0 Å². The first-order valence-electron chi connectivity index (χ1n) is 22.6. The Morgan fingerprint density at radius 2 is 1.72 bits per heavy atom. The zero-order chi connectivity index (χ0) is 50.9. The molecule has 0 unspecified atom stereocenters. The Bertz CT molecular complexity index is 3270. The van der Waals surface area contributed by atoms with Gasteiger partial charge in [0.05, 0.1) is 41.6 Å². The van der Waals surface area contributed by atoms with Gasteiger partial charge in [-0.2, -0.15) is 10.1 Å². The van der Waals surface area contributed by atoms with Crippen molar-refractivity contribution in [2.45, 2.75) is 91.3 Å². The smallest absolute Gasteiger partial charge is 0.355 e. The Morgan fingerprint density at radius 3 is 2.44 bits per heavy atom. The van der Waals surface area contributed by atoms with Crippen LogP contribution < -0.4 is 27.3 Å². The van der Waals surface area contributed by atoms with Gasteiger partial charge in [-0.05, 0) is 65.1 Å². The summed E-state index contributed by atoms with van der Waals surface area (Å²) in [5.41, 5.74) is 0.793. The van der Waals surface area contributed by atoms with Crippen LogP contribution in [0.3, 0.4) is 0 Å². The topological polar surface area (TPSA) is 216 Å². The number of rotatable bonds is 16. The Balaban J connectivity index is 0.906. The number of aliphatic hydroxyl groups excluding tert-OH is 1. The van der Waals surface area contributed by atoms with Crippen LogP contribution in [0.1, 0.15) is 62.4 Å². The first kappa shape index (κ1) is 50.2. The number of halogens is 4. The number of aryl methyl sites for hydroxylation is 3. The lowest BCUT2D eigenvalue weighted by molar-refractivity contribution is -0.144. The number of β-amino-alcohol motifs (C(OH)–C–C–N with tert-alkyl or cyclic N) is 1. The van der Waals surface area contributed by atoms with Crippen LogP contribution in [0.5, 0.6) is 0 Å². The van der Waals surface area contributed by atoms with Crippen LogP contribution in [0.25, 0.3) is 21.3 Å². The summed E-state index contributed by atoms with van der Waals surface area (Å²) in [6.45, 7) is 6.58. The molecule has 1 aliphatic rings. The molecule has 4 N–H and O–H groups in total. The number of thiophene rings is 1. The zero-order valence-electron chi connectivity index (χ0n) is 39.3. The number of aromatic nitrogens is 8. The third-order valence-electron chi connectivity index (χ3n) is 12.0. The van der Waals surface area contributed by atoms with Crippen LogP contribution in [-0.4, -0.2) is 91.4 Å². The van der Waals surface area contributed by atoms with Gasteiger partial charge < -0.3 is 26.0 Å². The van der Waals surface area contributed by atoms with Gasteiger partial charge in [0.1, 0.15) is 23.6 Å². The summed E-state index contributed by atoms with van der Waals surface area (Å²) in [6.07, 6.45) is 2.44. The van der Waals surface area contributed by atoms with Crippen LogP contribution in [0, 0.1) is 29.8 Å². The number of benzene rings is 3. The van der Waals surface area contributed by atoms with E-state index in [4.69, 9.17) is 11.6 Å². The van der Waals surface area contributed by atoms with Crippen LogP contribution in [0.15, 0.2) is 82.0 Å². The molecule has 4 aromatic heterocycles. The van der Waals surface area contributed by atoms with Crippen molar-refractivity contribution in [3.05, 3.63) is 138 Å². The highest BCUT2D eigenvalue weighted by atomic mass is 35.5. The lowest BCUT2D eigenvalue weighted by Crippen LogP contribution is -2.57. The Labute approximate surface area is 413 Å². The number of amides is 3. The average Bonchev–Trinajstić information content (AvgIpc) is 4.13. The summed E-state index contributed by atoms with van der Waals surface area (Å²) >= 11 is 8.16. The lowest BCUT2D eigenvalue weighted by atomic mass is 9.85. The molecule has 18 nitrogen and oxygen atoms in total. The summed E-state index contributed by atoms with van der Waals surface area (Å²) < 4.78 is 47.7. The van der Waals surface area contributed by atoms with E-state index < -0.39 is 88.8 Å². The van der Waals surface area contributed by atoms with Crippen LogP contribution >= 0.6 is 22.9 Å². The maximum absolute atomic E-state index is 15.0. The molecule has 1 saturated heterocycles. The van der Waals surface area contributed by atoms with E-state index in [-0.39, 0.29) is 61.2 Å². The largest absolute Gasteiger partial charge is 0.391 e. The first-order valence-corrected chi connectivity index (χ1v) is 23.8. The molecule has 1 aliphatic heterocycles. The fraction of sp³-hybridized carbons (Fsp3) is 0.354. The second-order valence-electron chi connectivity index (χ2n) is 18.5. The lowest BCUT2D eigenvalue weighted by Gasteiger charge is -2.35. The van der Waals surface area contributed by atoms with Crippen molar-refractivity contribution in [3.63, 3.8) is 0 Å². The fourth-order valence-corrected chi connectivity index (χ4v) is 9.47. The molecule has 0 aliphatic carbocycles. The fourth-order valence-electron chi connectivity index (χ4n) is 8.33. The number of hydrogen-bond acceptors (Lipinski definition) is 12. The molecule has 0 radical (unpaired) electrons. The zero-order valence-corrected chi connectivity index (χ0v) is 40.8. The van der Waals surface area contributed by atoms with E-state index in [1.807, 2.05) is 29.6 Å². The number of nitrogens with zero attached hydrogens (tertiary/aromatic N) is 9. The Hall–Kier alpha value is -7.17. The van der Waals surface area contributed by atoms with Crippen molar-refractivity contribution in [1.82, 2.24) is 54.4 Å². The molecule has 3 aromatic carbocycles. The van der Waals surface area contributed by atoms with Gasteiger partial charge in [-0.1, -0.05) is 61.9 Å². The minimum atomic E-state index is -1.43. The van der Waals surface area contributed by atoms with Crippen molar-refractivity contribution in [2.24, 2.45) is 12.5 Å². The number of fused-ring (bicyclic) bond motifs is 1. The van der Waals surface area contributed by atoms with Crippen molar-refractivity contribution >= 4 is 63.2 Å².